The van der Waals surface area contributed by atoms with Crippen molar-refractivity contribution in [3.8, 4) is 11.1 Å². The Bertz CT molecular complexity index is 764. The summed E-state index contributed by atoms with van der Waals surface area (Å²) < 4.78 is 11.2. The van der Waals surface area contributed by atoms with Crippen LogP contribution in [0.25, 0.3) is 11.1 Å². The topological polar surface area (TPSA) is 60.5 Å². The molecule has 4 rings (SSSR count). The molecule has 1 aromatic heterocycles. The van der Waals surface area contributed by atoms with Crippen molar-refractivity contribution in [1.82, 2.24) is 10.3 Å². The Morgan fingerprint density at radius 2 is 1.75 bits per heavy atom. The number of nitrogens with one attached hydrogen (secondary N) is 1. The van der Waals surface area contributed by atoms with Crippen LogP contribution in [-0.4, -0.2) is 43.4 Å². The number of benzene rings is 1. The molecule has 0 spiro atoms. The highest BCUT2D eigenvalue weighted by Crippen LogP contribution is 2.35. The average Bonchev–Trinajstić information content (AvgIpc) is 3.27. The van der Waals surface area contributed by atoms with Gasteiger partial charge in [-0.2, -0.15) is 0 Å². The Hall–Kier alpha value is -2.24. The molecule has 5 heteroatoms. The van der Waals surface area contributed by atoms with E-state index in [1.54, 1.807) is 12.4 Å². The van der Waals surface area contributed by atoms with Gasteiger partial charge in [0.2, 0.25) is 5.91 Å². The van der Waals surface area contributed by atoms with E-state index in [9.17, 15) is 4.79 Å². The molecule has 1 atom stereocenters. The number of pyridine rings is 1. The minimum absolute atomic E-state index is 0.143. The second-order valence-corrected chi connectivity index (χ2v) is 7.85. The molecule has 0 radical (unpaired) electrons. The number of aromatic nitrogens is 1. The second-order valence-electron chi connectivity index (χ2n) is 7.85. The molecule has 2 aliphatic rings. The fourth-order valence-electron chi connectivity index (χ4n) is 4.20. The third-order valence-electron chi connectivity index (χ3n) is 5.96. The number of nitrogens with zero attached hydrogens (tertiary/aromatic N) is 1. The van der Waals surface area contributed by atoms with E-state index in [4.69, 9.17) is 9.47 Å². The van der Waals surface area contributed by atoms with Crippen LogP contribution < -0.4 is 5.32 Å². The molecule has 5 nitrogen and oxygen atoms in total. The Balaban J connectivity index is 1.45. The summed E-state index contributed by atoms with van der Waals surface area (Å²) in [6.07, 6.45) is 8.16. The zero-order valence-corrected chi connectivity index (χ0v) is 16.2. The zero-order valence-electron chi connectivity index (χ0n) is 16.2. The van der Waals surface area contributed by atoms with Crippen LogP contribution in [0.1, 0.15) is 31.2 Å². The lowest BCUT2D eigenvalue weighted by Crippen LogP contribution is -2.47. The highest BCUT2D eigenvalue weighted by molar-refractivity contribution is 5.83. The van der Waals surface area contributed by atoms with Gasteiger partial charge in [-0.05, 0) is 60.9 Å². The summed E-state index contributed by atoms with van der Waals surface area (Å²) in [5, 5.41) is 3.17. The Morgan fingerprint density at radius 3 is 2.43 bits per heavy atom. The van der Waals surface area contributed by atoms with Gasteiger partial charge in [0.05, 0.1) is 11.5 Å². The summed E-state index contributed by atoms with van der Waals surface area (Å²) in [5.41, 5.74) is 3.10. The minimum atomic E-state index is -0.394. The number of amides is 1. The average molecular weight is 380 g/mol. The predicted molar refractivity (Wildman–Crippen MR) is 108 cm³/mol. The fraction of sp³-hybridized carbons (Fsp3) is 0.478. The predicted octanol–water partition coefficient (Wildman–Crippen LogP) is 3.38. The van der Waals surface area contributed by atoms with Gasteiger partial charge in [0.1, 0.15) is 0 Å². The van der Waals surface area contributed by atoms with Gasteiger partial charge in [-0.15, -0.1) is 0 Å². The van der Waals surface area contributed by atoms with E-state index in [2.05, 4.69) is 34.6 Å². The molecule has 28 heavy (non-hydrogen) atoms. The Kier molecular flexibility index (Phi) is 6.03. The quantitative estimate of drug-likeness (QED) is 0.835. The van der Waals surface area contributed by atoms with Crippen molar-refractivity contribution in [2.24, 2.45) is 5.41 Å². The minimum Gasteiger partial charge on any atom is -0.381 e. The van der Waals surface area contributed by atoms with Crippen molar-refractivity contribution in [2.45, 2.75) is 38.2 Å². The second kappa shape index (κ2) is 8.84. The summed E-state index contributed by atoms with van der Waals surface area (Å²) in [4.78, 5) is 17.2. The maximum absolute atomic E-state index is 13.1. The summed E-state index contributed by atoms with van der Waals surface area (Å²) >= 11 is 0. The first kappa shape index (κ1) is 19.1. The monoisotopic (exact) mass is 380 g/mol. The normalized spacial score (nSPS) is 21.4. The molecular weight excluding hydrogens is 352 g/mol. The summed E-state index contributed by atoms with van der Waals surface area (Å²) in [6, 6.07) is 12.5. The summed E-state index contributed by atoms with van der Waals surface area (Å²) in [7, 11) is 0. The van der Waals surface area contributed by atoms with Gasteiger partial charge >= 0.3 is 0 Å². The molecule has 0 bridgehead atoms. The molecule has 148 valence electrons. The molecule has 2 saturated heterocycles. The van der Waals surface area contributed by atoms with E-state index in [-0.39, 0.29) is 12.0 Å². The molecule has 2 aliphatic heterocycles. The first-order valence-electron chi connectivity index (χ1n) is 10.2. The highest BCUT2D eigenvalue weighted by atomic mass is 16.5. The first-order valence-corrected chi connectivity index (χ1v) is 10.2. The van der Waals surface area contributed by atoms with Crippen LogP contribution in [0.4, 0.5) is 0 Å². The molecule has 3 heterocycles. The van der Waals surface area contributed by atoms with E-state index in [1.807, 2.05) is 12.1 Å². The number of rotatable bonds is 6. The van der Waals surface area contributed by atoms with Crippen molar-refractivity contribution < 1.29 is 14.3 Å². The lowest BCUT2D eigenvalue weighted by molar-refractivity contribution is -0.137. The number of carbonyl (C=O) groups excluding carboxylic acids is 1. The largest absolute Gasteiger partial charge is 0.381 e. The lowest BCUT2D eigenvalue weighted by atomic mass is 9.74. The number of ether oxygens (including phenoxy) is 2. The molecule has 0 saturated carbocycles. The van der Waals surface area contributed by atoms with Crippen molar-refractivity contribution in [3.63, 3.8) is 0 Å². The van der Waals surface area contributed by atoms with E-state index in [1.165, 1.54) is 5.56 Å². The molecular formula is C23H28N2O3. The smallest absolute Gasteiger partial charge is 0.226 e. The number of hydrogen-bond donors (Lipinski definition) is 1. The maximum Gasteiger partial charge on any atom is 0.226 e. The van der Waals surface area contributed by atoms with Crippen LogP contribution in [-0.2, 0) is 20.7 Å². The van der Waals surface area contributed by atoms with Gasteiger partial charge in [-0.25, -0.2) is 0 Å². The molecule has 2 fully saturated rings. The molecule has 0 aliphatic carbocycles. The van der Waals surface area contributed by atoms with Crippen LogP contribution in [0.15, 0.2) is 48.8 Å². The van der Waals surface area contributed by atoms with E-state index >= 15 is 0 Å². The van der Waals surface area contributed by atoms with Crippen molar-refractivity contribution >= 4 is 5.91 Å². The van der Waals surface area contributed by atoms with Crippen LogP contribution in [0.2, 0.25) is 0 Å². The van der Waals surface area contributed by atoms with Gasteiger partial charge in [0, 0.05) is 38.8 Å². The number of hydrogen-bond acceptors (Lipinski definition) is 4. The highest BCUT2D eigenvalue weighted by Gasteiger charge is 2.40. The van der Waals surface area contributed by atoms with Crippen LogP contribution in [0.5, 0.6) is 0 Å². The Labute approximate surface area is 166 Å². The molecule has 1 N–H and O–H groups in total. The summed E-state index contributed by atoms with van der Waals surface area (Å²) in [6.45, 7) is 2.71. The Morgan fingerprint density at radius 1 is 1.04 bits per heavy atom. The lowest BCUT2D eigenvalue weighted by Gasteiger charge is -2.36. The van der Waals surface area contributed by atoms with Gasteiger partial charge in [0.25, 0.3) is 0 Å². The van der Waals surface area contributed by atoms with Crippen LogP contribution in [0, 0.1) is 5.41 Å². The molecule has 2 aromatic rings. The van der Waals surface area contributed by atoms with E-state index in [0.717, 1.165) is 49.8 Å². The molecule has 1 aromatic carbocycles. The SMILES string of the molecule is O=C(NCC1CCCO1)C1(Cc2ccc(-c3ccncc3)cc2)CCOCC1. The van der Waals surface area contributed by atoms with Gasteiger partial charge in [-0.1, -0.05) is 24.3 Å². The van der Waals surface area contributed by atoms with E-state index in [0.29, 0.717) is 19.8 Å². The van der Waals surface area contributed by atoms with Crippen LogP contribution >= 0.6 is 0 Å². The maximum atomic E-state index is 13.1. The van der Waals surface area contributed by atoms with Gasteiger partial charge < -0.3 is 14.8 Å². The van der Waals surface area contributed by atoms with E-state index < -0.39 is 5.41 Å². The standard InChI is InChI=1S/C23H28N2O3/c26-22(25-17-21-2-1-13-28-21)23(9-14-27-15-10-23)16-18-3-5-19(6-4-18)20-7-11-24-12-8-20/h3-8,11-12,21H,1-2,9-10,13-17H2,(H,25,26). The first-order chi connectivity index (χ1) is 13.8. The van der Waals surface area contributed by atoms with Crippen molar-refractivity contribution in [2.75, 3.05) is 26.4 Å². The third-order valence-corrected chi connectivity index (χ3v) is 5.96. The van der Waals surface area contributed by atoms with Gasteiger partial charge in [-0.3, -0.25) is 9.78 Å². The molecule has 1 amide bonds. The van der Waals surface area contributed by atoms with Crippen molar-refractivity contribution in [1.29, 1.82) is 0 Å². The van der Waals surface area contributed by atoms with Gasteiger partial charge in [0.15, 0.2) is 0 Å². The zero-order chi connectivity index (χ0) is 19.2. The summed E-state index contributed by atoms with van der Waals surface area (Å²) in [5.74, 6) is 0.143. The fourth-order valence-corrected chi connectivity index (χ4v) is 4.20. The van der Waals surface area contributed by atoms with Crippen molar-refractivity contribution in [3.05, 3.63) is 54.4 Å². The van der Waals surface area contributed by atoms with Crippen LogP contribution in [0.3, 0.4) is 0 Å². The number of carbonyl (C=O) groups is 1. The third kappa shape index (κ3) is 4.42. The molecule has 1 unspecified atom stereocenters.